The predicted molar refractivity (Wildman–Crippen MR) is 72.4 cm³/mol. The van der Waals surface area contributed by atoms with Crippen LogP contribution in [0.1, 0.15) is 41.0 Å². The molecular formula is C14H23N3. The first kappa shape index (κ1) is 12.2. The zero-order chi connectivity index (χ0) is 12.6. The molecule has 2 aliphatic rings. The van der Waals surface area contributed by atoms with Crippen LogP contribution >= 0.6 is 0 Å². The molecule has 1 atom stereocenters. The van der Waals surface area contributed by atoms with E-state index in [2.05, 4.69) is 61.9 Å². The van der Waals surface area contributed by atoms with Crippen LogP contribution in [0.25, 0.3) is 0 Å². The smallest absolute Gasteiger partial charge is 0.145 e. The molecule has 3 heteroatoms. The molecule has 0 bridgehead atoms. The van der Waals surface area contributed by atoms with Crippen molar-refractivity contribution in [3.8, 4) is 0 Å². The molecule has 0 aromatic heterocycles. The number of rotatable bonds is 2. The van der Waals surface area contributed by atoms with Gasteiger partial charge in [-0.05, 0) is 30.4 Å². The van der Waals surface area contributed by atoms with E-state index in [1.165, 1.54) is 11.3 Å². The molecule has 17 heavy (non-hydrogen) atoms. The van der Waals surface area contributed by atoms with E-state index in [4.69, 9.17) is 0 Å². The van der Waals surface area contributed by atoms with E-state index >= 15 is 0 Å². The fourth-order valence-electron chi connectivity index (χ4n) is 2.49. The van der Waals surface area contributed by atoms with E-state index < -0.39 is 0 Å². The standard InChI is InChI=1S/C14H23N3/c1-6-11-10-16(7-2)13-12(14(3,4)5)8-9-15-17(11)13/h8-10,13H,6-7H2,1-5H3. The molecule has 0 aromatic carbocycles. The van der Waals surface area contributed by atoms with Crippen molar-refractivity contribution >= 4 is 6.21 Å². The van der Waals surface area contributed by atoms with Crippen LogP contribution in [0.2, 0.25) is 0 Å². The van der Waals surface area contributed by atoms with Crippen LogP contribution in [-0.4, -0.2) is 28.8 Å². The van der Waals surface area contributed by atoms with Gasteiger partial charge in [0.2, 0.25) is 0 Å². The lowest BCUT2D eigenvalue weighted by Crippen LogP contribution is -2.43. The quantitative estimate of drug-likeness (QED) is 0.729. The number of hydrogen-bond donors (Lipinski definition) is 0. The zero-order valence-electron chi connectivity index (χ0n) is 11.6. The summed E-state index contributed by atoms with van der Waals surface area (Å²) in [4.78, 5) is 2.38. The van der Waals surface area contributed by atoms with Crippen LogP contribution in [-0.2, 0) is 0 Å². The Morgan fingerprint density at radius 1 is 1.29 bits per heavy atom. The molecule has 0 radical (unpaired) electrons. The molecular weight excluding hydrogens is 210 g/mol. The van der Waals surface area contributed by atoms with Crippen molar-refractivity contribution in [1.29, 1.82) is 0 Å². The fourth-order valence-corrected chi connectivity index (χ4v) is 2.49. The van der Waals surface area contributed by atoms with Gasteiger partial charge in [-0.15, -0.1) is 0 Å². The summed E-state index contributed by atoms with van der Waals surface area (Å²) < 4.78 is 0. The number of fused-ring (bicyclic) bond motifs is 1. The molecule has 2 heterocycles. The highest BCUT2D eigenvalue weighted by atomic mass is 15.6. The third kappa shape index (κ3) is 1.99. The van der Waals surface area contributed by atoms with Gasteiger partial charge < -0.3 is 4.90 Å². The number of hydrogen-bond acceptors (Lipinski definition) is 3. The van der Waals surface area contributed by atoms with Crippen molar-refractivity contribution < 1.29 is 0 Å². The van der Waals surface area contributed by atoms with Crippen LogP contribution in [0.5, 0.6) is 0 Å². The minimum Gasteiger partial charge on any atom is -0.351 e. The van der Waals surface area contributed by atoms with Gasteiger partial charge in [0, 0.05) is 19.0 Å². The molecule has 0 saturated heterocycles. The fraction of sp³-hybridized carbons (Fsp3) is 0.643. The van der Waals surface area contributed by atoms with E-state index in [1.807, 2.05) is 6.21 Å². The summed E-state index contributed by atoms with van der Waals surface area (Å²) in [6.45, 7) is 12.2. The largest absolute Gasteiger partial charge is 0.351 e. The van der Waals surface area contributed by atoms with E-state index in [0.717, 1.165) is 13.0 Å². The maximum absolute atomic E-state index is 4.53. The zero-order valence-corrected chi connectivity index (χ0v) is 11.6. The van der Waals surface area contributed by atoms with Gasteiger partial charge in [-0.2, -0.15) is 5.10 Å². The summed E-state index contributed by atoms with van der Waals surface area (Å²) in [7, 11) is 0. The summed E-state index contributed by atoms with van der Waals surface area (Å²) in [6, 6.07) is 0. The van der Waals surface area contributed by atoms with Crippen LogP contribution in [0.4, 0.5) is 0 Å². The second-order valence-electron chi connectivity index (χ2n) is 5.66. The Morgan fingerprint density at radius 3 is 2.53 bits per heavy atom. The second kappa shape index (κ2) is 4.21. The van der Waals surface area contributed by atoms with Crippen LogP contribution in [0.15, 0.2) is 28.6 Å². The molecule has 0 fully saturated rings. The van der Waals surface area contributed by atoms with Gasteiger partial charge in [-0.3, -0.25) is 0 Å². The Labute approximate surface area is 104 Å². The molecule has 0 aromatic rings. The Bertz CT molecular complexity index is 385. The van der Waals surface area contributed by atoms with E-state index in [1.54, 1.807) is 0 Å². The van der Waals surface area contributed by atoms with Crippen LogP contribution in [0, 0.1) is 5.41 Å². The SMILES string of the molecule is CCC1=CN(CC)C2C(C(C)(C)C)=CC=NN12. The van der Waals surface area contributed by atoms with Crippen molar-refractivity contribution in [1.82, 2.24) is 9.91 Å². The summed E-state index contributed by atoms with van der Waals surface area (Å²) >= 11 is 0. The lowest BCUT2D eigenvalue weighted by molar-refractivity contribution is 0.160. The molecule has 1 unspecified atom stereocenters. The summed E-state index contributed by atoms with van der Waals surface area (Å²) in [6.07, 6.45) is 7.69. The second-order valence-corrected chi connectivity index (χ2v) is 5.66. The maximum atomic E-state index is 4.53. The van der Waals surface area contributed by atoms with Crippen molar-refractivity contribution in [2.24, 2.45) is 10.5 Å². The normalized spacial score (nSPS) is 23.7. The van der Waals surface area contributed by atoms with Crippen LogP contribution < -0.4 is 0 Å². The highest BCUT2D eigenvalue weighted by Crippen LogP contribution is 2.39. The number of allylic oxidation sites excluding steroid dienone is 2. The number of nitrogens with zero attached hydrogens (tertiary/aromatic N) is 3. The van der Waals surface area contributed by atoms with Gasteiger partial charge in [0.25, 0.3) is 0 Å². The number of hydrazone groups is 1. The summed E-state index contributed by atoms with van der Waals surface area (Å²) in [5, 5.41) is 6.70. The Kier molecular flexibility index (Phi) is 3.02. The van der Waals surface area contributed by atoms with Gasteiger partial charge in [0.1, 0.15) is 6.17 Å². The molecule has 2 rings (SSSR count). The minimum absolute atomic E-state index is 0.180. The van der Waals surface area contributed by atoms with Gasteiger partial charge in [0.15, 0.2) is 0 Å². The third-order valence-electron chi connectivity index (χ3n) is 3.47. The van der Waals surface area contributed by atoms with Crippen molar-refractivity contribution in [3.05, 3.63) is 23.5 Å². The van der Waals surface area contributed by atoms with E-state index in [-0.39, 0.29) is 5.41 Å². The summed E-state index contributed by atoms with van der Waals surface area (Å²) in [5.41, 5.74) is 2.93. The van der Waals surface area contributed by atoms with Gasteiger partial charge in [-0.1, -0.05) is 27.7 Å². The highest BCUT2D eigenvalue weighted by Gasteiger charge is 2.38. The first-order chi connectivity index (χ1) is 7.99. The average molecular weight is 233 g/mol. The Morgan fingerprint density at radius 2 is 2.00 bits per heavy atom. The van der Waals surface area contributed by atoms with Crippen molar-refractivity contribution in [2.45, 2.75) is 47.2 Å². The molecule has 0 amide bonds. The molecule has 0 saturated carbocycles. The van der Waals surface area contributed by atoms with Gasteiger partial charge >= 0.3 is 0 Å². The maximum Gasteiger partial charge on any atom is 0.145 e. The van der Waals surface area contributed by atoms with Crippen molar-refractivity contribution in [2.75, 3.05) is 6.54 Å². The van der Waals surface area contributed by atoms with Crippen molar-refractivity contribution in [3.63, 3.8) is 0 Å². The molecule has 0 N–H and O–H groups in total. The first-order valence-corrected chi connectivity index (χ1v) is 6.49. The highest BCUT2D eigenvalue weighted by molar-refractivity contribution is 5.74. The van der Waals surface area contributed by atoms with Gasteiger partial charge in [0.05, 0.1) is 5.70 Å². The molecule has 0 aliphatic carbocycles. The molecule has 94 valence electrons. The minimum atomic E-state index is 0.180. The third-order valence-corrected chi connectivity index (χ3v) is 3.47. The summed E-state index contributed by atoms with van der Waals surface area (Å²) in [5.74, 6) is 0. The number of likely N-dealkylation sites (N-methyl/N-ethyl adjacent to an activating group) is 1. The monoisotopic (exact) mass is 233 g/mol. The average Bonchev–Trinajstić information content (AvgIpc) is 2.65. The Balaban J connectivity index is 2.37. The lowest BCUT2D eigenvalue weighted by Gasteiger charge is -2.39. The molecule has 0 spiro atoms. The van der Waals surface area contributed by atoms with Crippen LogP contribution in [0.3, 0.4) is 0 Å². The lowest BCUT2D eigenvalue weighted by atomic mass is 9.83. The predicted octanol–water partition coefficient (Wildman–Crippen LogP) is 3.17. The van der Waals surface area contributed by atoms with E-state index in [9.17, 15) is 0 Å². The van der Waals surface area contributed by atoms with E-state index in [0.29, 0.717) is 6.17 Å². The van der Waals surface area contributed by atoms with Gasteiger partial charge in [-0.25, -0.2) is 5.01 Å². The Hall–Kier alpha value is -1.25. The topological polar surface area (TPSA) is 18.8 Å². The molecule has 2 aliphatic heterocycles. The first-order valence-electron chi connectivity index (χ1n) is 6.49. The molecule has 3 nitrogen and oxygen atoms in total.